The number of ether oxygens (including phenoxy) is 2. The molecular formula is C81H140NO8P. The Kier molecular flexibility index (Phi) is 72.0. The number of rotatable bonds is 70. The van der Waals surface area contributed by atoms with Gasteiger partial charge < -0.3 is 20.1 Å². The summed E-state index contributed by atoms with van der Waals surface area (Å²) in [5, 5.41) is 0. The van der Waals surface area contributed by atoms with E-state index >= 15 is 0 Å². The number of phosphoric acid groups is 1. The first-order valence-corrected chi connectivity index (χ1v) is 39.2. The number of nitrogens with two attached hydrogens (primary N) is 1. The summed E-state index contributed by atoms with van der Waals surface area (Å²) in [6, 6.07) is 0. The molecule has 0 aliphatic carbocycles. The van der Waals surface area contributed by atoms with Gasteiger partial charge in [0.15, 0.2) is 6.10 Å². The lowest BCUT2D eigenvalue weighted by Crippen LogP contribution is -2.29. The highest BCUT2D eigenvalue weighted by atomic mass is 31.2. The highest BCUT2D eigenvalue weighted by molar-refractivity contribution is 7.47. The van der Waals surface area contributed by atoms with Crippen LogP contribution in [0.3, 0.4) is 0 Å². The molecule has 0 heterocycles. The molecule has 0 amide bonds. The van der Waals surface area contributed by atoms with Crippen molar-refractivity contribution >= 4 is 19.8 Å². The lowest BCUT2D eigenvalue weighted by atomic mass is 10.0. The lowest BCUT2D eigenvalue weighted by molar-refractivity contribution is -0.161. The van der Waals surface area contributed by atoms with Gasteiger partial charge in [-0.2, -0.15) is 0 Å². The summed E-state index contributed by atoms with van der Waals surface area (Å²) in [6.45, 7) is 3.55. The van der Waals surface area contributed by atoms with Crippen LogP contribution in [0.15, 0.2) is 134 Å². The number of esters is 2. The van der Waals surface area contributed by atoms with E-state index in [0.29, 0.717) is 6.42 Å². The maximum absolute atomic E-state index is 12.8. The molecule has 9 nitrogen and oxygen atoms in total. The molecular weight excluding hydrogens is 1150 g/mol. The molecule has 0 fully saturated rings. The fourth-order valence-electron chi connectivity index (χ4n) is 10.6. The Bertz CT molecular complexity index is 1960. The summed E-state index contributed by atoms with van der Waals surface area (Å²) in [6.07, 6.45) is 107. The molecule has 0 saturated heterocycles. The molecule has 3 N–H and O–H groups in total. The van der Waals surface area contributed by atoms with Crippen LogP contribution < -0.4 is 5.73 Å². The van der Waals surface area contributed by atoms with E-state index in [0.717, 1.165) is 109 Å². The molecule has 0 aromatic heterocycles. The van der Waals surface area contributed by atoms with Crippen molar-refractivity contribution in [3.63, 3.8) is 0 Å². The Morgan fingerprint density at radius 2 is 0.571 bits per heavy atom. The van der Waals surface area contributed by atoms with Crippen LogP contribution in [0.1, 0.15) is 335 Å². The van der Waals surface area contributed by atoms with E-state index < -0.39 is 26.5 Å². The molecule has 0 aliphatic heterocycles. The summed E-state index contributed by atoms with van der Waals surface area (Å²) >= 11 is 0. The Hall–Kier alpha value is -3.85. The van der Waals surface area contributed by atoms with Crippen molar-refractivity contribution in [1.82, 2.24) is 0 Å². The molecule has 0 aromatic rings. The van der Waals surface area contributed by atoms with E-state index in [4.69, 9.17) is 24.3 Å². The Morgan fingerprint density at radius 1 is 0.330 bits per heavy atom. The third-order valence-electron chi connectivity index (χ3n) is 16.0. The van der Waals surface area contributed by atoms with Crippen LogP contribution in [-0.2, 0) is 32.7 Å². The normalized spacial score (nSPS) is 13.7. The zero-order valence-corrected chi connectivity index (χ0v) is 59.7. The van der Waals surface area contributed by atoms with Gasteiger partial charge in [0.1, 0.15) is 6.61 Å². The van der Waals surface area contributed by atoms with E-state index in [1.807, 2.05) is 0 Å². The van der Waals surface area contributed by atoms with Crippen LogP contribution in [0.2, 0.25) is 0 Å². The smallest absolute Gasteiger partial charge is 0.462 e. The van der Waals surface area contributed by atoms with Crippen molar-refractivity contribution in [2.45, 2.75) is 341 Å². The largest absolute Gasteiger partial charge is 0.472 e. The molecule has 2 unspecified atom stereocenters. The Balaban J connectivity index is 3.83. The van der Waals surface area contributed by atoms with Gasteiger partial charge >= 0.3 is 19.8 Å². The monoisotopic (exact) mass is 1290 g/mol. The maximum Gasteiger partial charge on any atom is 0.472 e. The summed E-state index contributed by atoms with van der Waals surface area (Å²) in [4.78, 5) is 35.4. The van der Waals surface area contributed by atoms with Gasteiger partial charge in [-0.1, -0.05) is 347 Å². The van der Waals surface area contributed by atoms with Gasteiger partial charge in [-0.05, 0) is 109 Å². The molecule has 91 heavy (non-hydrogen) atoms. The standard InChI is InChI=1S/C81H140NO8P/c1-3-5-7-9-11-13-15-17-19-21-23-25-27-29-31-33-35-36-37-38-39-40-41-42-44-46-48-50-52-54-56-58-60-62-64-66-68-70-72-74-81(84)90-79(78-89-91(85,86)88-76-75-82)77-87-80(83)73-71-69-67-65-63-61-59-57-55-53-51-49-47-45-43-34-32-30-28-26-24-22-20-18-16-14-12-10-8-6-4-2/h5-8,11-14,17-20,23-26,29-32,35-36,79H,3-4,9-10,15-16,21-22,27-28,33-34,37-78,82H2,1-2H3,(H,85,86)/b7-5-,8-6-,13-11-,14-12-,19-17-,20-18-,25-23-,26-24-,31-29-,32-30-,36-35-. The van der Waals surface area contributed by atoms with E-state index in [1.165, 1.54) is 193 Å². The van der Waals surface area contributed by atoms with Gasteiger partial charge in [0.2, 0.25) is 0 Å². The van der Waals surface area contributed by atoms with Crippen molar-refractivity contribution < 1.29 is 37.6 Å². The molecule has 0 rings (SSSR count). The fourth-order valence-corrected chi connectivity index (χ4v) is 11.3. The van der Waals surface area contributed by atoms with Crippen LogP contribution in [0.4, 0.5) is 0 Å². The zero-order valence-electron chi connectivity index (χ0n) is 58.8. The number of hydrogen-bond donors (Lipinski definition) is 2. The lowest BCUT2D eigenvalue weighted by Gasteiger charge is -2.19. The minimum Gasteiger partial charge on any atom is -0.462 e. The number of allylic oxidation sites excluding steroid dienone is 22. The van der Waals surface area contributed by atoms with E-state index in [1.54, 1.807) is 0 Å². The molecule has 2 atom stereocenters. The second-order valence-corrected chi connectivity index (χ2v) is 26.2. The van der Waals surface area contributed by atoms with Crippen LogP contribution >= 0.6 is 7.82 Å². The van der Waals surface area contributed by atoms with Crippen molar-refractivity contribution in [2.24, 2.45) is 5.73 Å². The van der Waals surface area contributed by atoms with Crippen LogP contribution in [-0.4, -0.2) is 49.3 Å². The van der Waals surface area contributed by atoms with Crippen LogP contribution in [0.25, 0.3) is 0 Å². The molecule has 0 radical (unpaired) electrons. The van der Waals surface area contributed by atoms with Crippen molar-refractivity contribution in [3.05, 3.63) is 134 Å². The van der Waals surface area contributed by atoms with Crippen molar-refractivity contribution in [1.29, 1.82) is 0 Å². The quantitative estimate of drug-likeness (QED) is 0.0264. The van der Waals surface area contributed by atoms with Gasteiger partial charge in [0.25, 0.3) is 0 Å². The van der Waals surface area contributed by atoms with Crippen LogP contribution in [0.5, 0.6) is 0 Å². The van der Waals surface area contributed by atoms with Crippen molar-refractivity contribution in [2.75, 3.05) is 26.4 Å². The van der Waals surface area contributed by atoms with Gasteiger partial charge in [-0.3, -0.25) is 18.6 Å². The summed E-state index contributed by atoms with van der Waals surface area (Å²) < 4.78 is 33.2. The molecule has 0 aliphatic rings. The second kappa shape index (κ2) is 75.2. The first-order chi connectivity index (χ1) is 44.8. The first-order valence-electron chi connectivity index (χ1n) is 37.7. The zero-order chi connectivity index (χ0) is 65.8. The molecule has 522 valence electrons. The number of carbonyl (C=O) groups is 2. The van der Waals surface area contributed by atoms with Gasteiger partial charge in [-0.25, -0.2) is 4.57 Å². The highest BCUT2D eigenvalue weighted by Crippen LogP contribution is 2.43. The number of carbonyl (C=O) groups excluding carboxylic acids is 2. The van der Waals surface area contributed by atoms with Gasteiger partial charge in [0.05, 0.1) is 13.2 Å². The number of hydrogen-bond acceptors (Lipinski definition) is 8. The topological polar surface area (TPSA) is 134 Å². The predicted octanol–water partition coefficient (Wildman–Crippen LogP) is 25.2. The van der Waals surface area contributed by atoms with E-state index in [-0.39, 0.29) is 38.6 Å². The third kappa shape index (κ3) is 75.1. The predicted molar refractivity (Wildman–Crippen MR) is 394 cm³/mol. The minimum atomic E-state index is -4.40. The summed E-state index contributed by atoms with van der Waals surface area (Å²) in [5.74, 6) is -0.819. The van der Waals surface area contributed by atoms with E-state index in [2.05, 4.69) is 148 Å². The molecule has 0 bridgehead atoms. The average molecular weight is 1290 g/mol. The van der Waals surface area contributed by atoms with Gasteiger partial charge in [-0.15, -0.1) is 0 Å². The molecule has 0 aromatic carbocycles. The molecule has 0 spiro atoms. The Morgan fingerprint density at radius 3 is 0.846 bits per heavy atom. The van der Waals surface area contributed by atoms with E-state index in [9.17, 15) is 19.0 Å². The summed E-state index contributed by atoms with van der Waals surface area (Å²) in [5.41, 5.74) is 5.41. The fraction of sp³-hybridized carbons (Fsp3) is 0.704. The Labute approximate surface area is 561 Å². The number of phosphoric ester groups is 1. The maximum atomic E-state index is 12.8. The summed E-state index contributed by atoms with van der Waals surface area (Å²) in [7, 11) is -4.40. The van der Waals surface area contributed by atoms with Crippen LogP contribution in [0, 0.1) is 0 Å². The highest BCUT2D eigenvalue weighted by Gasteiger charge is 2.26. The molecule has 0 saturated carbocycles. The van der Waals surface area contributed by atoms with Gasteiger partial charge in [0, 0.05) is 19.4 Å². The first kappa shape index (κ1) is 87.2. The third-order valence-corrected chi connectivity index (χ3v) is 17.0. The van der Waals surface area contributed by atoms with Crippen molar-refractivity contribution in [3.8, 4) is 0 Å². The SMILES string of the molecule is CC/C=C\C/C=C\C/C=C\C/C=C\C/C=C\C/C=C\CCCCCCCCCCCCCCCCCCCCCCC(=O)OC(COC(=O)CCCCCCCCCCCCCCCCC/C=C\C/C=C\C/C=C\C/C=C\C/C=C\CC)COP(=O)(O)OCCN. The average Bonchev–Trinajstić information content (AvgIpc) is 3.71. The second-order valence-electron chi connectivity index (χ2n) is 24.8. The minimum absolute atomic E-state index is 0.0506. The molecule has 10 heteroatoms. The number of unbranched alkanes of at least 4 members (excludes halogenated alkanes) is 35.